The van der Waals surface area contributed by atoms with Crippen LogP contribution in [0.1, 0.15) is 87.2 Å². The number of benzene rings is 3. The monoisotopic (exact) mass is 580 g/mol. The lowest BCUT2D eigenvalue weighted by Crippen LogP contribution is -2.14. The molecule has 0 bridgehead atoms. The maximum absolute atomic E-state index is 5.74. The van der Waals surface area contributed by atoms with Crippen LogP contribution >= 0.6 is 0 Å². The van der Waals surface area contributed by atoms with Crippen LogP contribution in [-0.2, 0) is 0 Å². The summed E-state index contributed by atoms with van der Waals surface area (Å²) in [6.07, 6.45) is 20.6. The smallest absolute Gasteiger partial charge is 0.234 e. The van der Waals surface area contributed by atoms with Gasteiger partial charge in [-0.1, -0.05) is 87.1 Å². The van der Waals surface area contributed by atoms with Gasteiger partial charge in [-0.25, -0.2) is 19.9 Å². The van der Waals surface area contributed by atoms with E-state index >= 15 is 0 Å². The third-order valence-corrected chi connectivity index (χ3v) is 9.51. The molecule has 2 aromatic heterocycles. The molecular formula is C38H40N6. The van der Waals surface area contributed by atoms with Crippen LogP contribution in [-0.4, -0.2) is 19.9 Å². The van der Waals surface area contributed by atoms with Gasteiger partial charge in [0, 0.05) is 47.3 Å². The molecule has 2 heterocycles. The van der Waals surface area contributed by atoms with E-state index in [2.05, 4.69) is 75.5 Å². The Bertz CT molecular complexity index is 1590. The maximum Gasteiger partial charge on any atom is 0.234 e. The minimum absolute atomic E-state index is 0.262. The fourth-order valence-electron chi connectivity index (χ4n) is 7.08. The number of rotatable bonds is 7. The number of hydrogen-bond acceptors (Lipinski definition) is 6. The average Bonchev–Trinajstić information content (AvgIpc) is 3.10. The lowest BCUT2D eigenvalue weighted by Gasteiger charge is -2.26. The highest BCUT2D eigenvalue weighted by Crippen LogP contribution is 2.39. The highest BCUT2D eigenvalue weighted by molar-refractivity contribution is 5.83. The molecule has 44 heavy (non-hydrogen) atoms. The van der Waals surface area contributed by atoms with Gasteiger partial charge in [0.25, 0.3) is 0 Å². The predicted octanol–water partition coefficient (Wildman–Crippen LogP) is 9.75. The molecule has 0 amide bonds. The van der Waals surface area contributed by atoms with Crippen molar-refractivity contribution in [2.45, 2.75) is 76.0 Å². The van der Waals surface area contributed by atoms with Gasteiger partial charge in [-0.05, 0) is 84.0 Å². The topological polar surface area (TPSA) is 80.8 Å². The van der Waals surface area contributed by atoms with E-state index in [4.69, 9.17) is 15.7 Å². The Morgan fingerprint density at radius 3 is 1.34 bits per heavy atom. The highest BCUT2D eigenvalue weighted by atomic mass is 15.3. The molecule has 6 heteroatoms. The van der Waals surface area contributed by atoms with Crippen molar-refractivity contribution in [3.05, 3.63) is 109 Å². The first-order chi connectivity index (χ1) is 21.7. The lowest BCUT2D eigenvalue weighted by atomic mass is 9.84. The quantitative estimate of drug-likeness (QED) is 0.206. The van der Waals surface area contributed by atoms with Crippen molar-refractivity contribution in [2.24, 2.45) is 0 Å². The summed E-state index contributed by atoms with van der Waals surface area (Å²) in [4.78, 5) is 20.5. The molecule has 0 spiro atoms. The summed E-state index contributed by atoms with van der Waals surface area (Å²) in [5.41, 5.74) is 14.6. The molecule has 2 N–H and O–H groups in total. The highest BCUT2D eigenvalue weighted by Gasteiger charge is 2.21. The molecule has 2 fully saturated rings. The van der Waals surface area contributed by atoms with Crippen molar-refractivity contribution < 1.29 is 0 Å². The van der Waals surface area contributed by atoms with E-state index in [1.165, 1.54) is 75.3 Å². The van der Waals surface area contributed by atoms with Crippen molar-refractivity contribution >= 4 is 23.3 Å². The second-order valence-corrected chi connectivity index (χ2v) is 12.3. The molecule has 0 radical (unpaired) electrons. The second-order valence-electron chi connectivity index (χ2n) is 12.3. The lowest BCUT2D eigenvalue weighted by molar-refractivity contribution is 0.443. The van der Waals surface area contributed by atoms with E-state index in [-0.39, 0.29) is 5.95 Å². The van der Waals surface area contributed by atoms with Crippen LogP contribution in [0.2, 0.25) is 0 Å². The van der Waals surface area contributed by atoms with Gasteiger partial charge in [-0.3, -0.25) is 4.90 Å². The van der Waals surface area contributed by atoms with E-state index in [1.54, 1.807) is 12.4 Å². The zero-order chi connectivity index (χ0) is 29.7. The molecule has 6 nitrogen and oxygen atoms in total. The standard InChI is InChI=1S/C38H40N6/c39-37-40-23-31(24-41-37)35-13-7-8-14-36(35)32-25-42-38(43-26-32)44(33-19-15-29(16-20-33)27-9-3-1-4-10-27)34-21-17-30(18-22-34)28-11-5-2-6-12-28/h7-8,13-28H,1-6,9-12H2,(H2,39,40,41). The molecule has 0 saturated heterocycles. The molecule has 222 valence electrons. The van der Waals surface area contributed by atoms with Gasteiger partial charge in [-0.2, -0.15) is 0 Å². The molecule has 7 rings (SSSR count). The number of nitrogens with two attached hydrogens (primary N) is 1. The Morgan fingerprint density at radius 2 is 0.909 bits per heavy atom. The molecule has 0 aliphatic heterocycles. The molecule has 2 aliphatic carbocycles. The molecule has 0 atom stereocenters. The molecular weight excluding hydrogens is 540 g/mol. The van der Waals surface area contributed by atoms with Crippen LogP contribution < -0.4 is 10.6 Å². The normalized spacial score (nSPS) is 16.1. The Kier molecular flexibility index (Phi) is 8.31. The van der Waals surface area contributed by atoms with Crippen LogP contribution in [0.5, 0.6) is 0 Å². The van der Waals surface area contributed by atoms with Crippen LogP contribution in [0.4, 0.5) is 23.3 Å². The Labute approximate surface area is 260 Å². The Hall–Kier alpha value is -4.58. The van der Waals surface area contributed by atoms with E-state index in [0.717, 1.165) is 33.6 Å². The molecule has 2 aliphatic rings. The molecule has 2 saturated carbocycles. The van der Waals surface area contributed by atoms with E-state index in [0.29, 0.717) is 17.8 Å². The van der Waals surface area contributed by atoms with Gasteiger partial charge in [0.1, 0.15) is 0 Å². The summed E-state index contributed by atoms with van der Waals surface area (Å²) in [5, 5.41) is 0. The largest absolute Gasteiger partial charge is 0.368 e. The van der Waals surface area contributed by atoms with Gasteiger partial charge < -0.3 is 5.73 Å². The van der Waals surface area contributed by atoms with Gasteiger partial charge in [0.15, 0.2) is 0 Å². The van der Waals surface area contributed by atoms with E-state index in [9.17, 15) is 0 Å². The van der Waals surface area contributed by atoms with Crippen LogP contribution in [0, 0.1) is 0 Å². The summed E-state index contributed by atoms with van der Waals surface area (Å²) < 4.78 is 0. The minimum Gasteiger partial charge on any atom is -0.368 e. The van der Waals surface area contributed by atoms with Gasteiger partial charge in [0.2, 0.25) is 11.9 Å². The second kappa shape index (κ2) is 13.0. The minimum atomic E-state index is 0.262. The molecule has 5 aromatic rings. The van der Waals surface area contributed by atoms with Gasteiger partial charge in [-0.15, -0.1) is 0 Å². The first-order valence-corrected chi connectivity index (χ1v) is 16.2. The Morgan fingerprint density at radius 1 is 0.500 bits per heavy atom. The molecule has 3 aromatic carbocycles. The number of hydrogen-bond donors (Lipinski definition) is 1. The summed E-state index contributed by atoms with van der Waals surface area (Å²) in [6.45, 7) is 0. The first-order valence-electron chi connectivity index (χ1n) is 16.2. The summed E-state index contributed by atoms with van der Waals surface area (Å²) in [6, 6.07) is 26.4. The van der Waals surface area contributed by atoms with E-state index in [1.807, 2.05) is 24.5 Å². The molecule has 0 unspecified atom stereocenters. The van der Waals surface area contributed by atoms with Gasteiger partial charge >= 0.3 is 0 Å². The van der Waals surface area contributed by atoms with Crippen LogP contribution in [0.15, 0.2) is 97.6 Å². The number of nitrogen functional groups attached to an aromatic ring is 1. The van der Waals surface area contributed by atoms with Crippen LogP contribution in [0.3, 0.4) is 0 Å². The van der Waals surface area contributed by atoms with Crippen molar-refractivity contribution in [2.75, 3.05) is 10.6 Å². The number of anilines is 4. The van der Waals surface area contributed by atoms with E-state index < -0.39 is 0 Å². The maximum atomic E-state index is 5.74. The summed E-state index contributed by atoms with van der Waals surface area (Å²) in [5.74, 6) is 2.25. The van der Waals surface area contributed by atoms with Crippen molar-refractivity contribution in [1.29, 1.82) is 0 Å². The third kappa shape index (κ3) is 6.07. The summed E-state index contributed by atoms with van der Waals surface area (Å²) >= 11 is 0. The zero-order valence-corrected chi connectivity index (χ0v) is 25.3. The zero-order valence-electron chi connectivity index (χ0n) is 25.3. The fourth-order valence-corrected chi connectivity index (χ4v) is 7.08. The SMILES string of the molecule is Nc1ncc(-c2ccccc2-c2cnc(N(c3ccc(C4CCCCC4)cc3)c3ccc(C4CCCCC4)cc3)nc2)cn1. The van der Waals surface area contributed by atoms with Crippen molar-refractivity contribution in [1.82, 2.24) is 19.9 Å². The third-order valence-electron chi connectivity index (χ3n) is 9.51. The predicted molar refractivity (Wildman–Crippen MR) is 179 cm³/mol. The van der Waals surface area contributed by atoms with Crippen molar-refractivity contribution in [3.63, 3.8) is 0 Å². The van der Waals surface area contributed by atoms with Gasteiger partial charge in [0.05, 0.1) is 0 Å². The fraction of sp³-hybridized carbons (Fsp3) is 0.316. The van der Waals surface area contributed by atoms with Crippen LogP contribution in [0.25, 0.3) is 22.3 Å². The average molecular weight is 581 g/mol. The number of nitrogens with zero attached hydrogens (tertiary/aromatic N) is 5. The first kappa shape index (κ1) is 28.2. The van der Waals surface area contributed by atoms with Crippen molar-refractivity contribution in [3.8, 4) is 22.3 Å². The number of aromatic nitrogens is 4. The Balaban J connectivity index is 1.22. The summed E-state index contributed by atoms with van der Waals surface area (Å²) in [7, 11) is 0.